The molecule has 1 aliphatic carbocycles. The molecule has 218 valence electrons. The fraction of sp³-hybridized carbons (Fsp3) is 0.111. The van der Waals surface area contributed by atoms with Crippen LogP contribution in [0.2, 0.25) is 0 Å². The zero-order valence-corrected chi connectivity index (χ0v) is 26.3. The molecule has 0 heteroatoms. The summed E-state index contributed by atoms with van der Waals surface area (Å²) in [5.74, 6) is 0.448. The molecule has 0 bridgehead atoms. The molecular formula is C45H38. The first-order valence-corrected chi connectivity index (χ1v) is 15.9. The zero-order valence-electron chi connectivity index (χ0n) is 26.3. The largest absolute Gasteiger partial charge is 0.0807 e. The molecule has 0 spiro atoms. The van der Waals surface area contributed by atoms with Crippen molar-refractivity contribution >= 4 is 0 Å². The summed E-state index contributed by atoms with van der Waals surface area (Å²) < 4.78 is 0. The highest BCUT2D eigenvalue weighted by Gasteiger charge is 2.12. The Labute approximate surface area is 268 Å². The van der Waals surface area contributed by atoms with E-state index >= 15 is 0 Å². The van der Waals surface area contributed by atoms with Crippen molar-refractivity contribution in [2.24, 2.45) is 0 Å². The monoisotopic (exact) mass is 578 g/mol. The number of hydrogen-bond acceptors (Lipinski definition) is 0. The van der Waals surface area contributed by atoms with Crippen LogP contribution in [0, 0.1) is 13.8 Å². The highest BCUT2D eigenvalue weighted by molar-refractivity contribution is 5.83. The predicted octanol–water partition coefficient (Wildman–Crippen LogP) is 12.6. The van der Waals surface area contributed by atoms with Gasteiger partial charge >= 0.3 is 0 Å². The number of aryl methyl sites for hydroxylation is 2. The van der Waals surface area contributed by atoms with Gasteiger partial charge < -0.3 is 0 Å². The van der Waals surface area contributed by atoms with Crippen LogP contribution in [-0.4, -0.2) is 0 Å². The lowest BCUT2D eigenvalue weighted by molar-refractivity contribution is 0.845. The Morgan fingerprint density at radius 3 is 1.02 bits per heavy atom. The van der Waals surface area contributed by atoms with Gasteiger partial charge in [0.25, 0.3) is 0 Å². The molecule has 0 fully saturated rings. The molecule has 45 heavy (non-hydrogen) atoms. The van der Waals surface area contributed by atoms with Gasteiger partial charge in [-0.05, 0) is 107 Å². The molecule has 0 radical (unpaired) electrons. The first-order chi connectivity index (χ1) is 22.0. The van der Waals surface area contributed by atoms with Crippen LogP contribution in [0.5, 0.6) is 0 Å². The van der Waals surface area contributed by atoms with Crippen LogP contribution in [0.25, 0.3) is 55.6 Å². The van der Waals surface area contributed by atoms with E-state index < -0.39 is 0 Å². The lowest BCUT2D eigenvalue weighted by Gasteiger charge is -2.16. The van der Waals surface area contributed by atoms with Gasteiger partial charge in [-0.1, -0.05) is 156 Å². The minimum absolute atomic E-state index is 0.448. The van der Waals surface area contributed by atoms with E-state index in [1.165, 1.54) is 77.9 Å². The van der Waals surface area contributed by atoms with Gasteiger partial charge in [-0.15, -0.1) is 0 Å². The van der Waals surface area contributed by atoms with E-state index in [2.05, 4.69) is 179 Å². The van der Waals surface area contributed by atoms with E-state index in [-0.39, 0.29) is 0 Å². The first kappa shape index (κ1) is 28.6. The van der Waals surface area contributed by atoms with Crippen molar-refractivity contribution in [1.29, 1.82) is 0 Å². The molecule has 0 heterocycles. The average Bonchev–Trinajstić information content (AvgIpc) is 3.09. The van der Waals surface area contributed by atoms with Crippen molar-refractivity contribution in [3.63, 3.8) is 0 Å². The van der Waals surface area contributed by atoms with E-state index in [1.807, 2.05) is 0 Å². The molecule has 0 N–H and O–H groups in total. The number of rotatable bonds is 6. The van der Waals surface area contributed by atoms with Crippen molar-refractivity contribution in [3.8, 4) is 55.6 Å². The van der Waals surface area contributed by atoms with Gasteiger partial charge in [0, 0.05) is 5.92 Å². The summed E-state index contributed by atoms with van der Waals surface area (Å²) in [6.07, 6.45) is 7.98. The van der Waals surface area contributed by atoms with Crippen LogP contribution in [0.1, 0.15) is 36.0 Å². The van der Waals surface area contributed by atoms with E-state index in [9.17, 15) is 0 Å². The molecule has 0 saturated carbocycles. The third-order valence-electron chi connectivity index (χ3n) is 9.10. The molecule has 0 amide bonds. The summed E-state index contributed by atoms with van der Waals surface area (Å²) in [6, 6.07) is 51.7. The van der Waals surface area contributed by atoms with Gasteiger partial charge in [-0.2, -0.15) is 0 Å². The SMILES string of the molecule is CC1=CCC(c2ccc(-c3cc(-c4ccc(-c5ccc(C)cc5)cc4)cc(-c4ccc(-c5ccc(C)cc5)cc4)c3)cc2)C=C1. The predicted molar refractivity (Wildman–Crippen MR) is 193 cm³/mol. The number of allylic oxidation sites excluding steroid dienone is 4. The van der Waals surface area contributed by atoms with Crippen molar-refractivity contribution in [1.82, 2.24) is 0 Å². The van der Waals surface area contributed by atoms with Crippen LogP contribution in [0.15, 0.2) is 163 Å². The molecule has 7 rings (SSSR count). The lowest BCUT2D eigenvalue weighted by Crippen LogP contribution is -1.97. The van der Waals surface area contributed by atoms with Gasteiger partial charge in [-0.25, -0.2) is 0 Å². The minimum Gasteiger partial charge on any atom is -0.0807 e. The lowest BCUT2D eigenvalue weighted by atomic mass is 9.88. The normalized spacial score (nSPS) is 14.3. The van der Waals surface area contributed by atoms with E-state index in [0.29, 0.717) is 5.92 Å². The highest BCUT2D eigenvalue weighted by Crippen LogP contribution is 2.36. The maximum absolute atomic E-state index is 2.34. The Kier molecular flexibility index (Phi) is 7.89. The van der Waals surface area contributed by atoms with Crippen LogP contribution < -0.4 is 0 Å². The molecule has 1 aliphatic rings. The smallest absolute Gasteiger partial charge is 0.00559 e. The second-order valence-corrected chi connectivity index (χ2v) is 12.5. The molecular weight excluding hydrogens is 540 g/mol. The summed E-state index contributed by atoms with van der Waals surface area (Å²) in [5, 5.41) is 0. The average molecular weight is 579 g/mol. The fourth-order valence-corrected chi connectivity index (χ4v) is 6.23. The minimum atomic E-state index is 0.448. The van der Waals surface area contributed by atoms with Crippen LogP contribution >= 0.6 is 0 Å². The molecule has 0 aromatic heterocycles. The summed E-state index contributed by atoms with van der Waals surface area (Å²) in [5.41, 5.74) is 17.6. The fourth-order valence-electron chi connectivity index (χ4n) is 6.23. The van der Waals surface area contributed by atoms with Gasteiger partial charge in [0.05, 0.1) is 0 Å². The standard InChI is InChI=1S/C45H38/c1-31-4-10-34(11-5-31)37-16-22-40(23-17-37)43-28-44(41-24-18-38(19-25-41)35-12-6-32(2)7-13-35)30-45(29-43)42-26-20-39(21-27-42)36-14-8-33(3)9-15-36/h4-14,16-30,36H,15H2,1-3H3. The maximum atomic E-state index is 2.34. The molecule has 0 aliphatic heterocycles. The van der Waals surface area contributed by atoms with E-state index in [0.717, 1.165) is 6.42 Å². The third-order valence-corrected chi connectivity index (χ3v) is 9.10. The van der Waals surface area contributed by atoms with Crippen molar-refractivity contribution in [3.05, 3.63) is 180 Å². The van der Waals surface area contributed by atoms with Crippen molar-refractivity contribution in [2.75, 3.05) is 0 Å². The number of benzene rings is 6. The second-order valence-electron chi connectivity index (χ2n) is 12.5. The quantitative estimate of drug-likeness (QED) is 0.184. The Morgan fingerprint density at radius 2 is 0.689 bits per heavy atom. The van der Waals surface area contributed by atoms with Crippen LogP contribution in [0.3, 0.4) is 0 Å². The topological polar surface area (TPSA) is 0 Å². The van der Waals surface area contributed by atoms with Gasteiger partial charge in [0.15, 0.2) is 0 Å². The Morgan fingerprint density at radius 1 is 0.378 bits per heavy atom. The van der Waals surface area contributed by atoms with Crippen LogP contribution in [0.4, 0.5) is 0 Å². The molecule has 1 atom stereocenters. The molecule has 0 saturated heterocycles. The summed E-state index contributed by atoms with van der Waals surface area (Å²) in [4.78, 5) is 0. The second kappa shape index (κ2) is 12.4. The van der Waals surface area contributed by atoms with E-state index in [4.69, 9.17) is 0 Å². The zero-order chi connectivity index (χ0) is 30.8. The van der Waals surface area contributed by atoms with Crippen molar-refractivity contribution in [2.45, 2.75) is 33.1 Å². The Hall–Kier alpha value is -5.20. The molecule has 0 nitrogen and oxygen atoms in total. The summed E-state index contributed by atoms with van der Waals surface area (Å²) in [6.45, 7) is 6.44. The van der Waals surface area contributed by atoms with Crippen LogP contribution in [-0.2, 0) is 0 Å². The summed E-state index contributed by atoms with van der Waals surface area (Å²) in [7, 11) is 0. The highest BCUT2D eigenvalue weighted by atomic mass is 14.2. The van der Waals surface area contributed by atoms with Gasteiger partial charge in [0.1, 0.15) is 0 Å². The van der Waals surface area contributed by atoms with Crippen molar-refractivity contribution < 1.29 is 0 Å². The van der Waals surface area contributed by atoms with Gasteiger partial charge in [-0.3, -0.25) is 0 Å². The molecule has 6 aromatic carbocycles. The third kappa shape index (κ3) is 6.37. The first-order valence-electron chi connectivity index (χ1n) is 15.9. The summed E-state index contributed by atoms with van der Waals surface area (Å²) >= 11 is 0. The molecule has 1 unspecified atom stereocenters. The van der Waals surface area contributed by atoms with E-state index in [1.54, 1.807) is 0 Å². The maximum Gasteiger partial charge on any atom is 0.00559 e. The Balaban J connectivity index is 1.25. The molecule has 6 aromatic rings. The number of hydrogen-bond donors (Lipinski definition) is 0. The van der Waals surface area contributed by atoms with Gasteiger partial charge in [0.2, 0.25) is 0 Å². The Bertz CT molecular complexity index is 1880.